The van der Waals surface area contributed by atoms with Crippen LogP contribution in [0.2, 0.25) is 0 Å². The molecule has 0 spiro atoms. The molecule has 130 valence electrons. The van der Waals surface area contributed by atoms with E-state index in [2.05, 4.69) is 55.5 Å². The maximum Gasteiger partial charge on any atom is 0.0101 e. The first-order chi connectivity index (χ1) is 11.7. The van der Waals surface area contributed by atoms with Crippen molar-refractivity contribution < 1.29 is 0 Å². The smallest absolute Gasteiger partial charge is 0.0101 e. The summed E-state index contributed by atoms with van der Waals surface area (Å²) in [6, 6.07) is 21.6. The molecule has 3 rings (SSSR count). The fourth-order valence-corrected chi connectivity index (χ4v) is 3.41. The average molecular weight is 325 g/mol. The summed E-state index contributed by atoms with van der Waals surface area (Å²) < 4.78 is 0. The molecule has 2 unspecified atom stereocenters. The molecule has 2 nitrogen and oxygen atoms in total. The van der Waals surface area contributed by atoms with Crippen LogP contribution < -0.4 is 11.5 Å². The van der Waals surface area contributed by atoms with Gasteiger partial charge in [-0.3, -0.25) is 0 Å². The number of nitrogens with two attached hydrogens (primary N) is 2. The molecule has 0 amide bonds. The third-order valence-corrected chi connectivity index (χ3v) is 5.04. The Bertz CT molecular complexity index is 503. The third-order valence-electron chi connectivity index (χ3n) is 5.04. The summed E-state index contributed by atoms with van der Waals surface area (Å²) in [5.41, 5.74) is 14.2. The van der Waals surface area contributed by atoms with E-state index in [0.29, 0.717) is 18.5 Å². The summed E-state index contributed by atoms with van der Waals surface area (Å²) in [5, 5.41) is 0. The number of hydrogen-bond acceptors (Lipinski definition) is 2. The van der Waals surface area contributed by atoms with Crippen molar-refractivity contribution in [2.45, 2.75) is 51.0 Å². The van der Waals surface area contributed by atoms with Gasteiger partial charge in [0.25, 0.3) is 0 Å². The van der Waals surface area contributed by atoms with Crippen molar-refractivity contribution in [1.29, 1.82) is 0 Å². The maximum atomic E-state index is 5.78. The predicted molar refractivity (Wildman–Crippen MR) is 104 cm³/mol. The summed E-state index contributed by atoms with van der Waals surface area (Å²) in [7, 11) is 0. The highest BCUT2D eigenvalue weighted by Crippen LogP contribution is 2.27. The minimum Gasteiger partial charge on any atom is -0.330 e. The van der Waals surface area contributed by atoms with Crippen molar-refractivity contribution in [3.8, 4) is 0 Å². The molecule has 2 aromatic rings. The SMILES string of the molecule is CC1CCCCC1N.NCCC(c1ccccc1)c1ccccc1. The van der Waals surface area contributed by atoms with Crippen LogP contribution in [0.25, 0.3) is 0 Å². The van der Waals surface area contributed by atoms with Gasteiger partial charge >= 0.3 is 0 Å². The van der Waals surface area contributed by atoms with Crippen LogP contribution in [0, 0.1) is 5.92 Å². The Balaban J connectivity index is 0.000000219. The van der Waals surface area contributed by atoms with Gasteiger partial charge in [-0.05, 0) is 42.9 Å². The summed E-state index contributed by atoms with van der Waals surface area (Å²) in [6.45, 7) is 2.97. The van der Waals surface area contributed by atoms with Gasteiger partial charge in [-0.2, -0.15) is 0 Å². The highest BCUT2D eigenvalue weighted by Gasteiger charge is 2.16. The van der Waals surface area contributed by atoms with Crippen molar-refractivity contribution in [3.05, 3.63) is 71.8 Å². The Morgan fingerprint density at radius 3 is 1.75 bits per heavy atom. The molecule has 2 aromatic carbocycles. The molecule has 4 N–H and O–H groups in total. The van der Waals surface area contributed by atoms with Crippen LogP contribution in [-0.4, -0.2) is 12.6 Å². The van der Waals surface area contributed by atoms with E-state index in [1.54, 1.807) is 0 Å². The average Bonchev–Trinajstić information content (AvgIpc) is 2.64. The zero-order valence-corrected chi connectivity index (χ0v) is 14.9. The quantitative estimate of drug-likeness (QED) is 0.857. The van der Waals surface area contributed by atoms with E-state index < -0.39 is 0 Å². The first-order valence-corrected chi connectivity index (χ1v) is 9.28. The Kier molecular flexibility index (Phi) is 8.00. The molecule has 0 aromatic heterocycles. The van der Waals surface area contributed by atoms with Gasteiger partial charge in [0.15, 0.2) is 0 Å². The monoisotopic (exact) mass is 324 g/mol. The Morgan fingerprint density at radius 1 is 0.875 bits per heavy atom. The Labute approximate surface area is 147 Å². The van der Waals surface area contributed by atoms with Gasteiger partial charge in [-0.25, -0.2) is 0 Å². The lowest BCUT2D eigenvalue weighted by molar-refractivity contribution is 0.331. The molecule has 1 fully saturated rings. The molecule has 0 bridgehead atoms. The van der Waals surface area contributed by atoms with Gasteiger partial charge in [-0.1, -0.05) is 80.4 Å². The number of benzene rings is 2. The second-order valence-electron chi connectivity index (χ2n) is 6.88. The first-order valence-electron chi connectivity index (χ1n) is 9.28. The van der Waals surface area contributed by atoms with Crippen LogP contribution in [0.5, 0.6) is 0 Å². The van der Waals surface area contributed by atoms with Gasteiger partial charge in [0.2, 0.25) is 0 Å². The van der Waals surface area contributed by atoms with E-state index in [0.717, 1.165) is 12.3 Å². The van der Waals surface area contributed by atoms with E-state index in [4.69, 9.17) is 11.5 Å². The summed E-state index contributed by atoms with van der Waals surface area (Å²) in [6.07, 6.45) is 6.34. The van der Waals surface area contributed by atoms with E-state index in [1.807, 2.05) is 12.1 Å². The molecule has 0 radical (unpaired) electrons. The fourth-order valence-electron chi connectivity index (χ4n) is 3.41. The zero-order chi connectivity index (χ0) is 17.2. The highest BCUT2D eigenvalue weighted by atomic mass is 14.6. The molecule has 1 aliphatic rings. The van der Waals surface area contributed by atoms with Crippen LogP contribution in [-0.2, 0) is 0 Å². The zero-order valence-electron chi connectivity index (χ0n) is 14.9. The second kappa shape index (κ2) is 10.3. The van der Waals surface area contributed by atoms with E-state index in [1.165, 1.54) is 36.8 Å². The van der Waals surface area contributed by atoms with Crippen molar-refractivity contribution in [1.82, 2.24) is 0 Å². The third kappa shape index (κ3) is 5.77. The number of rotatable bonds is 4. The predicted octanol–water partition coefficient (Wildman–Crippen LogP) is 4.69. The summed E-state index contributed by atoms with van der Waals surface area (Å²) >= 11 is 0. The van der Waals surface area contributed by atoms with Crippen LogP contribution in [0.4, 0.5) is 0 Å². The molecule has 2 atom stereocenters. The van der Waals surface area contributed by atoms with Crippen LogP contribution in [0.1, 0.15) is 56.1 Å². The topological polar surface area (TPSA) is 52.0 Å². The lowest BCUT2D eigenvalue weighted by Gasteiger charge is -2.24. The van der Waals surface area contributed by atoms with Gasteiger partial charge in [-0.15, -0.1) is 0 Å². The van der Waals surface area contributed by atoms with Crippen LogP contribution >= 0.6 is 0 Å². The summed E-state index contributed by atoms with van der Waals surface area (Å²) in [4.78, 5) is 0. The van der Waals surface area contributed by atoms with Gasteiger partial charge in [0.1, 0.15) is 0 Å². The van der Waals surface area contributed by atoms with Crippen molar-refractivity contribution in [2.75, 3.05) is 6.54 Å². The molecular weight excluding hydrogens is 292 g/mol. The van der Waals surface area contributed by atoms with Crippen molar-refractivity contribution in [3.63, 3.8) is 0 Å². The van der Waals surface area contributed by atoms with E-state index in [-0.39, 0.29) is 0 Å². The minimum absolute atomic E-state index is 0.424. The maximum absolute atomic E-state index is 5.78. The molecule has 1 aliphatic carbocycles. The summed E-state index contributed by atoms with van der Waals surface area (Å²) in [5.74, 6) is 1.20. The standard InChI is InChI=1S/C15H17N.C7H15N/c16-12-11-15(13-7-3-1-4-8-13)14-9-5-2-6-10-14;1-6-4-2-3-5-7(6)8/h1-10,15H,11-12,16H2;6-7H,2-5,8H2,1H3. The minimum atomic E-state index is 0.424. The van der Waals surface area contributed by atoms with E-state index >= 15 is 0 Å². The van der Waals surface area contributed by atoms with Gasteiger partial charge in [0.05, 0.1) is 0 Å². The second-order valence-corrected chi connectivity index (χ2v) is 6.88. The molecule has 0 heterocycles. The number of hydrogen-bond donors (Lipinski definition) is 2. The molecule has 24 heavy (non-hydrogen) atoms. The van der Waals surface area contributed by atoms with Crippen molar-refractivity contribution >= 4 is 0 Å². The molecule has 0 saturated heterocycles. The van der Waals surface area contributed by atoms with Crippen LogP contribution in [0.15, 0.2) is 60.7 Å². The van der Waals surface area contributed by atoms with E-state index in [9.17, 15) is 0 Å². The molecule has 0 aliphatic heterocycles. The molecule has 2 heteroatoms. The highest BCUT2D eigenvalue weighted by molar-refractivity contribution is 5.32. The van der Waals surface area contributed by atoms with Crippen LogP contribution in [0.3, 0.4) is 0 Å². The van der Waals surface area contributed by atoms with Gasteiger partial charge in [0, 0.05) is 12.0 Å². The Hall–Kier alpha value is -1.64. The molecular formula is C22H32N2. The fraction of sp³-hybridized carbons (Fsp3) is 0.455. The lowest BCUT2D eigenvalue weighted by atomic mass is 9.87. The largest absolute Gasteiger partial charge is 0.330 e. The first kappa shape index (κ1) is 18.7. The Morgan fingerprint density at radius 2 is 1.38 bits per heavy atom. The van der Waals surface area contributed by atoms with Crippen molar-refractivity contribution in [2.24, 2.45) is 17.4 Å². The molecule has 1 saturated carbocycles. The normalized spacial score (nSPS) is 20.3. The lowest BCUT2D eigenvalue weighted by Crippen LogP contribution is -2.30. The van der Waals surface area contributed by atoms with Gasteiger partial charge < -0.3 is 11.5 Å².